The third-order valence-corrected chi connectivity index (χ3v) is 9.91. The Bertz CT molecular complexity index is 1240. The highest BCUT2D eigenvalue weighted by molar-refractivity contribution is 7.09. The Morgan fingerprint density at radius 1 is 1.05 bits per heavy atom. The molecule has 2 fully saturated rings. The van der Waals surface area contributed by atoms with E-state index in [0.717, 1.165) is 55.7 Å². The molecule has 8 nitrogen and oxygen atoms in total. The summed E-state index contributed by atoms with van der Waals surface area (Å²) in [4.78, 5) is 48.1. The predicted molar refractivity (Wildman–Crippen MR) is 169 cm³/mol. The molecule has 1 saturated heterocycles. The summed E-state index contributed by atoms with van der Waals surface area (Å²) in [6.07, 6.45) is 8.75. The minimum atomic E-state index is -0.961. The lowest BCUT2D eigenvalue weighted by molar-refractivity contribution is -0.142. The van der Waals surface area contributed by atoms with E-state index >= 15 is 0 Å². The summed E-state index contributed by atoms with van der Waals surface area (Å²) in [5, 5.41) is 7.73. The van der Waals surface area contributed by atoms with Crippen molar-refractivity contribution in [2.24, 2.45) is 5.92 Å². The van der Waals surface area contributed by atoms with Gasteiger partial charge in [-0.25, -0.2) is 8.78 Å². The van der Waals surface area contributed by atoms with Gasteiger partial charge in [0.25, 0.3) is 5.91 Å². The van der Waals surface area contributed by atoms with Crippen molar-refractivity contribution in [3.8, 4) is 0 Å². The molecule has 2 aromatic rings. The maximum Gasteiger partial charge on any atom is 0.254 e. The van der Waals surface area contributed by atoms with Crippen LogP contribution in [-0.4, -0.2) is 91.3 Å². The molecule has 44 heavy (non-hydrogen) atoms. The molecule has 3 atom stereocenters. The Labute approximate surface area is 264 Å². The zero-order valence-electron chi connectivity index (χ0n) is 26.2. The van der Waals surface area contributed by atoms with Gasteiger partial charge in [0.05, 0.1) is 24.1 Å². The lowest BCUT2D eigenvalue weighted by atomic mass is 9.89. The number of hydrogen-bond acceptors (Lipinski definition) is 6. The van der Waals surface area contributed by atoms with E-state index in [4.69, 9.17) is 0 Å². The van der Waals surface area contributed by atoms with Crippen LogP contribution in [0.15, 0.2) is 35.7 Å². The molecule has 3 amide bonds. The van der Waals surface area contributed by atoms with Crippen molar-refractivity contribution in [2.45, 2.75) is 82.5 Å². The first-order valence-corrected chi connectivity index (χ1v) is 16.7. The number of piperidine rings is 1. The lowest BCUT2D eigenvalue weighted by Crippen LogP contribution is -2.60. The quantitative estimate of drug-likeness (QED) is 0.315. The second kappa shape index (κ2) is 16.4. The summed E-state index contributed by atoms with van der Waals surface area (Å²) < 4.78 is 27.9. The SMILES string of the molecule is CN(C)CCCCC(C(=O)N1CC[C@@H](NC(=O)c2ccc(F)cc2F)[C@@H](C(=O)NCc2cccs2)C1)N(C)C1CCCCC1. The Hall–Kier alpha value is -2.89. The monoisotopic (exact) mass is 631 g/mol. The minimum absolute atomic E-state index is 0.0216. The number of carbonyl (C=O) groups is 3. The number of likely N-dealkylation sites (N-methyl/N-ethyl adjacent to an activating group) is 1. The van der Waals surface area contributed by atoms with E-state index in [1.54, 1.807) is 4.90 Å². The van der Waals surface area contributed by atoms with Gasteiger partial charge in [-0.15, -0.1) is 11.3 Å². The number of carbonyl (C=O) groups excluding carboxylic acids is 3. The van der Waals surface area contributed by atoms with Crippen LogP contribution >= 0.6 is 11.3 Å². The van der Waals surface area contributed by atoms with E-state index in [9.17, 15) is 23.2 Å². The van der Waals surface area contributed by atoms with Crippen LogP contribution in [0.2, 0.25) is 0 Å². The molecule has 1 saturated carbocycles. The number of hydrogen-bond donors (Lipinski definition) is 2. The number of unbranched alkanes of at least 4 members (excludes halogenated alkanes) is 1. The van der Waals surface area contributed by atoms with Crippen LogP contribution in [-0.2, 0) is 16.1 Å². The van der Waals surface area contributed by atoms with Crippen molar-refractivity contribution in [2.75, 3.05) is 40.8 Å². The molecule has 2 N–H and O–H groups in total. The molecule has 1 unspecified atom stereocenters. The molecule has 1 aromatic heterocycles. The van der Waals surface area contributed by atoms with Gasteiger partial charge in [0.2, 0.25) is 11.8 Å². The molecule has 1 aliphatic carbocycles. The maximum absolute atomic E-state index is 14.4. The van der Waals surface area contributed by atoms with Crippen LogP contribution in [0.25, 0.3) is 0 Å². The van der Waals surface area contributed by atoms with Crippen molar-refractivity contribution in [3.63, 3.8) is 0 Å². The molecular weight excluding hydrogens is 584 g/mol. The average Bonchev–Trinajstić information content (AvgIpc) is 3.53. The number of rotatable bonds is 13. The van der Waals surface area contributed by atoms with Gasteiger partial charge in [-0.05, 0) is 83.4 Å². The van der Waals surface area contributed by atoms with Gasteiger partial charge in [0, 0.05) is 36.1 Å². The largest absolute Gasteiger partial charge is 0.351 e. The van der Waals surface area contributed by atoms with Crippen LogP contribution in [0, 0.1) is 17.6 Å². The molecule has 1 aromatic carbocycles. The summed E-state index contributed by atoms with van der Waals surface area (Å²) in [5.74, 6) is -3.42. The highest BCUT2D eigenvalue weighted by Gasteiger charge is 2.40. The number of likely N-dealkylation sites (tertiary alicyclic amines) is 1. The van der Waals surface area contributed by atoms with Crippen LogP contribution in [0.5, 0.6) is 0 Å². The first-order valence-electron chi connectivity index (χ1n) is 15.9. The number of halogens is 2. The van der Waals surface area contributed by atoms with Gasteiger partial charge < -0.3 is 20.4 Å². The van der Waals surface area contributed by atoms with Crippen LogP contribution < -0.4 is 10.6 Å². The molecule has 0 bridgehead atoms. The fourth-order valence-electron chi connectivity index (χ4n) is 6.45. The minimum Gasteiger partial charge on any atom is -0.351 e. The Morgan fingerprint density at radius 2 is 1.82 bits per heavy atom. The Balaban J connectivity index is 1.50. The van der Waals surface area contributed by atoms with E-state index in [1.807, 2.05) is 31.6 Å². The second-order valence-corrected chi connectivity index (χ2v) is 13.5. The smallest absolute Gasteiger partial charge is 0.254 e. The van der Waals surface area contributed by atoms with Gasteiger partial charge in [0.1, 0.15) is 11.6 Å². The first kappa shape index (κ1) is 34.0. The van der Waals surface area contributed by atoms with Crippen LogP contribution in [0.3, 0.4) is 0 Å². The summed E-state index contributed by atoms with van der Waals surface area (Å²) in [5.41, 5.74) is -0.283. The van der Waals surface area contributed by atoms with Gasteiger partial charge in [-0.2, -0.15) is 0 Å². The number of amides is 3. The summed E-state index contributed by atoms with van der Waals surface area (Å²) in [6, 6.07) is 6.11. The van der Waals surface area contributed by atoms with E-state index in [1.165, 1.54) is 30.6 Å². The van der Waals surface area contributed by atoms with Crippen LogP contribution in [0.1, 0.15) is 73.0 Å². The number of thiophene rings is 1. The molecule has 2 heterocycles. The predicted octanol–water partition coefficient (Wildman–Crippen LogP) is 4.65. The van der Waals surface area contributed by atoms with Crippen molar-refractivity contribution < 1.29 is 23.2 Å². The van der Waals surface area contributed by atoms with Crippen molar-refractivity contribution in [3.05, 3.63) is 57.8 Å². The fourth-order valence-corrected chi connectivity index (χ4v) is 7.09. The number of benzene rings is 1. The molecule has 4 rings (SSSR count). The van der Waals surface area contributed by atoms with Gasteiger partial charge in [0.15, 0.2) is 0 Å². The van der Waals surface area contributed by atoms with Crippen molar-refractivity contribution in [1.82, 2.24) is 25.3 Å². The molecule has 0 radical (unpaired) electrons. The molecule has 1 aliphatic heterocycles. The van der Waals surface area contributed by atoms with Crippen molar-refractivity contribution in [1.29, 1.82) is 0 Å². The summed E-state index contributed by atoms with van der Waals surface area (Å²) >= 11 is 1.53. The van der Waals surface area contributed by atoms with Crippen molar-refractivity contribution >= 4 is 29.1 Å². The van der Waals surface area contributed by atoms with Crippen LogP contribution in [0.4, 0.5) is 8.78 Å². The lowest BCUT2D eigenvalue weighted by Gasteiger charge is -2.42. The molecular formula is C33H47F2N5O3S. The number of nitrogens with zero attached hydrogens (tertiary/aromatic N) is 3. The highest BCUT2D eigenvalue weighted by atomic mass is 32.1. The Morgan fingerprint density at radius 3 is 2.50 bits per heavy atom. The standard InChI is InChI=1S/C33H47F2N5O3S/c1-38(2)17-8-7-13-30(39(3)24-10-5-4-6-11-24)33(43)40-18-16-29(37-32(42)26-15-14-23(34)20-28(26)35)27(22-40)31(41)36-21-25-12-9-19-44-25/h9,12,14-15,19-20,24,27,29-30H,4-8,10-11,13,16-18,21-22H2,1-3H3,(H,36,41)(H,37,42)/t27-,29+,30?/m0/s1. The molecule has 242 valence electrons. The normalized spacial score (nSPS) is 20.1. The first-order chi connectivity index (χ1) is 21.1. The van der Waals surface area contributed by atoms with E-state index in [2.05, 4.69) is 27.5 Å². The third-order valence-electron chi connectivity index (χ3n) is 9.03. The third kappa shape index (κ3) is 9.31. The van der Waals surface area contributed by atoms with Gasteiger partial charge in [-0.1, -0.05) is 31.7 Å². The Kier molecular flexibility index (Phi) is 12.7. The second-order valence-electron chi connectivity index (χ2n) is 12.5. The number of nitrogens with one attached hydrogen (secondary N) is 2. The van der Waals surface area contributed by atoms with E-state index < -0.39 is 29.5 Å². The molecule has 11 heteroatoms. The zero-order chi connectivity index (χ0) is 31.6. The molecule has 0 spiro atoms. The zero-order valence-corrected chi connectivity index (χ0v) is 27.0. The fraction of sp³-hybridized carbons (Fsp3) is 0.606. The average molecular weight is 632 g/mol. The molecule has 2 aliphatic rings. The topological polar surface area (TPSA) is 85.0 Å². The van der Waals surface area contributed by atoms with Gasteiger partial charge >= 0.3 is 0 Å². The summed E-state index contributed by atoms with van der Waals surface area (Å²) in [6.45, 7) is 1.82. The summed E-state index contributed by atoms with van der Waals surface area (Å²) in [7, 11) is 6.17. The van der Waals surface area contributed by atoms with Gasteiger partial charge in [-0.3, -0.25) is 19.3 Å². The maximum atomic E-state index is 14.4. The van der Waals surface area contributed by atoms with E-state index in [-0.39, 0.29) is 30.0 Å². The highest BCUT2D eigenvalue weighted by Crippen LogP contribution is 2.27. The van der Waals surface area contributed by atoms with E-state index in [0.29, 0.717) is 31.6 Å².